The summed E-state index contributed by atoms with van der Waals surface area (Å²) in [5, 5.41) is 24.7. The van der Waals surface area contributed by atoms with Crippen LogP contribution in [0.25, 0.3) is 43.2 Å². The first kappa shape index (κ1) is 50.3. The number of carbonyl (C=O) groups excluding carboxylic acids is 1. The molecule has 27 heteroatoms. The second-order valence-corrected chi connectivity index (χ2v) is 25.5. The Labute approximate surface area is 423 Å². The van der Waals surface area contributed by atoms with Gasteiger partial charge < -0.3 is 41.0 Å². The highest BCUT2D eigenvalue weighted by molar-refractivity contribution is 7.91. The van der Waals surface area contributed by atoms with E-state index in [1.165, 1.54) is 22.7 Å². The summed E-state index contributed by atoms with van der Waals surface area (Å²) < 4.78 is 65.3. The maximum Gasteiger partial charge on any atom is 0.219 e. The fourth-order valence-corrected chi connectivity index (χ4v) is 14.3. The Hall–Kier alpha value is -5.23. The van der Waals surface area contributed by atoms with Crippen molar-refractivity contribution < 1.29 is 41.3 Å². The number of rotatable bonds is 14. The van der Waals surface area contributed by atoms with E-state index in [1.54, 1.807) is 34.6 Å². The number of thiophene rings is 2. The van der Waals surface area contributed by atoms with Gasteiger partial charge in [-0.3, -0.25) is 14.6 Å². The quantitative estimate of drug-likeness (QED) is 0.119. The SMILES string of the molecule is CS(=O)(=O)CC(C(=O)C(CS(C)(=O)=O)N1CCC(O)(c2cc3nc(-c4cnc(N)nc4)nc(N4CCOCC4)c3s2)CC1)N1CCC(O)(c2cc3nc(-c4cnc(N)nc4)nc(N4CCOCC4)c3s2)CC1. The lowest BCUT2D eigenvalue weighted by Crippen LogP contribution is -2.59. The first-order valence-corrected chi connectivity index (χ1v) is 29.3. The Balaban J connectivity index is 0.891. The summed E-state index contributed by atoms with van der Waals surface area (Å²) in [5.74, 6) is 0.783. The van der Waals surface area contributed by atoms with E-state index in [0.717, 1.165) is 21.9 Å². The monoisotopic (exact) mass is 1060 g/mol. The van der Waals surface area contributed by atoms with Crippen LogP contribution in [0.5, 0.6) is 0 Å². The van der Waals surface area contributed by atoms with E-state index in [1.807, 2.05) is 12.1 Å². The highest BCUT2D eigenvalue weighted by Gasteiger charge is 2.46. The van der Waals surface area contributed by atoms with Crippen LogP contribution in [0.4, 0.5) is 23.5 Å². The molecule has 384 valence electrons. The molecular weight excluding hydrogens is 1010 g/mol. The van der Waals surface area contributed by atoms with Gasteiger partial charge in [0.2, 0.25) is 11.9 Å². The van der Waals surface area contributed by atoms with E-state index in [4.69, 9.17) is 40.9 Å². The van der Waals surface area contributed by atoms with Gasteiger partial charge in [-0.15, -0.1) is 22.7 Å². The lowest BCUT2D eigenvalue weighted by molar-refractivity contribution is -0.132. The molecule has 10 heterocycles. The highest BCUT2D eigenvalue weighted by atomic mass is 32.2. The van der Waals surface area contributed by atoms with Crippen LogP contribution in [0, 0.1) is 0 Å². The van der Waals surface area contributed by atoms with Gasteiger partial charge in [0.25, 0.3) is 0 Å². The molecule has 0 saturated carbocycles. The smallest absolute Gasteiger partial charge is 0.219 e. The van der Waals surface area contributed by atoms with Crippen molar-refractivity contribution in [1.82, 2.24) is 49.7 Å². The Morgan fingerprint density at radius 1 is 0.611 bits per heavy atom. The van der Waals surface area contributed by atoms with Gasteiger partial charge in [0.15, 0.2) is 29.1 Å². The number of carbonyl (C=O) groups is 1. The van der Waals surface area contributed by atoms with E-state index in [0.29, 0.717) is 108 Å². The molecule has 6 aromatic heterocycles. The number of nitrogens with zero attached hydrogens (tertiary/aromatic N) is 12. The first-order valence-electron chi connectivity index (χ1n) is 23.6. The molecule has 0 amide bonds. The van der Waals surface area contributed by atoms with E-state index < -0.39 is 60.2 Å². The van der Waals surface area contributed by atoms with Gasteiger partial charge in [-0.25, -0.2) is 56.7 Å². The lowest BCUT2D eigenvalue weighted by atomic mass is 9.87. The van der Waals surface area contributed by atoms with E-state index >= 15 is 0 Å². The van der Waals surface area contributed by atoms with Gasteiger partial charge in [0.05, 0.1) is 81.6 Å². The summed E-state index contributed by atoms with van der Waals surface area (Å²) >= 11 is 2.77. The van der Waals surface area contributed by atoms with E-state index in [9.17, 15) is 31.8 Å². The van der Waals surface area contributed by atoms with Crippen molar-refractivity contribution in [2.45, 2.75) is 49.0 Å². The molecule has 6 aromatic rings. The Morgan fingerprint density at radius 2 is 0.958 bits per heavy atom. The zero-order chi connectivity index (χ0) is 50.6. The minimum atomic E-state index is -3.78. The number of Topliss-reactive ketones (excluding diaryl/α,β-unsaturated/α-hetero) is 1. The number of nitrogens with two attached hydrogens (primary N) is 2. The molecule has 0 spiro atoms. The van der Waals surface area contributed by atoms with E-state index in [2.05, 4.69) is 29.7 Å². The molecule has 2 unspecified atom stereocenters. The second kappa shape index (κ2) is 19.9. The number of aliphatic hydroxyl groups is 2. The number of ketones is 1. The molecule has 4 fully saturated rings. The zero-order valence-electron chi connectivity index (χ0n) is 39.8. The molecule has 0 aliphatic carbocycles. The maximum absolute atomic E-state index is 15.0. The Kier molecular flexibility index (Phi) is 13.9. The van der Waals surface area contributed by atoms with Crippen LogP contribution in [0.2, 0.25) is 0 Å². The van der Waals surface area contributed by atoms with Crippen LogP contribution in [-0.2, 0) is 45.1 Å². The number of hydrogen-bond acceptors (Lipinski definition) is 25. The third kappa shape index (κ3) is 10.7. The molecule has 0 bridgehead atoms. The predicted octanol–water partition coefficient (Wildman–Crippen LogP) is 1.11. The number of fused-ring (bicyclic) bond motifs is 2. The number of ether oxygens (including phenoxy) is 2. The van der Waals surface area contributed by atoms with Gasteiger partial charge in [0.1, 0.15) is 30.9 Å². The number of likely N-dealkylation sites (tertiary alicyclic amines) is 2. The van der Waals surface area contributed by atoms with Gasteiger partial charge >= 0.3 is 0 Å². The third-order valence-corrected chi connectivity index (χ3v) is 18.3. The number of piperidine rings is 2. The summed E-state index contributed by atoms with van der Waals surface area (Å²) in [6.07, 6.45) is 8.97. The fraction of sp³-hybridized carbons (Fsp3) is 0.533. The molecule has 6 N–H and O–H groups in total. The predicted molar refractivity (Wildman–Crippen MR) is 273 cm³/mol. The van der Waals surface area contributed by atoms with Crippen LogP contribution in [-0.4, -0.2) is 197 Å². The number of nitrogen functional groups attached to an aromatic ring is 2. The van der Waals surface area contributed by atoms with E-state index in [-0.39, 0.29) is 63.8 Å². The molecule has 72 heavy (non-hydrogen) atoms. The first-order chi connectivity index (χ1) is 34.3. The van der Waals surface area contributed by atoms with Crippen LogP contribution in [0.3, 0.4) is 0 Å². The molecule has 4 saturated heterocycles. The minimum Gasteiger partial charge on any atom is -0.384 e. The molecular formula is C45H56N14O9S4. The molecule has 0 aromatic carbocycles. The second-order valence-electron chi connectivity index (χ2n) is 19.0. The molecule has 0 radical (unpaired) electrons. The third-order valence-electron chi connectivity index (χ3n) is 13.8. The topological polar surface area (TPSA) is 312 Å². The fourth-order valence-electron chi connectivity index (χ4n) is 9.87. The van der Waals surface area contributed by atoms with Gasteiger partial charge in [-0.05, 0) is 37.8 Å². The normalized spacial score (nSPS) is 20.2. The largest absolute Gasteiger partial charge is 0.384 e. The van der Waals surface area contributed by atoms with Crippen LogP contribution >= 0.6 is 22.7 Å². The van der Waals surface area contributed by atoms with Crippen molar-refractivity contribution >= 4 is 92.1 Å². The standard InChI is InChI=1S/C45H56N14O9S4/c1-71(63,64)25-31(56-7-3-44(61,4-8-56)33-19-29-36(69-33)40(58-11-15-67-16-12-58)54-38(52-29)27-21-48-42(46)49-22-27)35(60)32(26-72(2,65)66)57-9-5-45(62,6-10-57)34-20-30-37(70-34)41(59-13-17-68-18-14-59)55-39(53-30)28-23-50-43(47)51-24-28/h19-24,31-32,61-62H,3-18,25-26H2,1-2H3,(H2,46,48,49)(H2,47,50,51). The van der Waals surface area contributed by atoms with Crippen molar-refractivity contribution in [2.75, 3.05) is 124 Å². The highest BCUT2D eigenvalue weighted by Crippen LogP contribution is 2.45. The molecule has 4 aliphatic rings. The van der Waals surface area contributed by atoms with Gasteiger partial charge in [-0.2, -0.15) is 0 Å². The molecule has 4 aliphatic heterocycles. The van der Waals surface area contributed by atoms with Crippen molar-refractivity contribution in [3.63, 3.8) is 0 Å². The summed E-state index contributed by atoms with van der Waals surface area (Å²) in [6, 6.07) is 1.29. The molecule has 10 rings (SSSR count). The van der Waals surface area contributed by atoms with Crippen LogP contribution in [0.15, 0.2) is 36.9 Å². The number of sulfone groups is 2. The zero-order valence-corrected chi connectivity index (χ0v) is 43.0. The summed E-state index contributed by atoms with van der Waals surface area (Å²) in [6.45, 7) is 5.08. The number of hydrogen-bond donors (Lipinski definition) is 4. The minimum absolute atomic E-state index is 0.118. The average Bonchev–Trinajstić information content (AvgIpc) is 4.02. The molecule has 23 nitrogen and oxygen atoms in total. The van der Waals surface area contributed by atoms with Crippen LogP contribution < -0.4 is 21.3 Å². The molecule has 2 atom stereocenters. The van der Waals surface area contributed by atoms with Crippen LogP contribution in [0.1, 0.15) is 35.4 Å². The summed E-state index contributed by atoms with van der Waals surface area (Å²) in [7, 11) is -7.56. The Bertz CT molecular complexity index is 2980. The van der Waals surface area contributed by atoms with Gasteiger partial charge in [0, 0.05) is 99.4 Å². The van der Waals surface area contributed by atoms with Crippen molar-refractivity contribution in [3.8, 4) is 22.8 Å². The summed E-state index contributed by atoms with van der Waals surface area (Å²) in [5.41, 5.74) is 11.2. The van der Waals surface area contributed by atoms with Crippen molar-refractivity contribution in [2.24, 2.45) is 0 Å². The lowest BCUT2D eigenvalue weighted by Gasteiger charge is -2.44. The number of aromatic nitrogens is 8. The average molecular weight is 1070 g/mol. The summed E-state index contributed by atoms with van der Waals surface area (Å²) in [4.78, 5) is 60.1. The number of morpholine rings is 2. The van der Waals surface area contributed by atoms with Gasteiger partial charge in [-0.1, -0.05) is 0 Å². The van der Waals surface area contributed by atoms with Crippen molar-refractivity contribution in [3.05, 3.63) is 46.7 Å². The Morgan fingerprint density at radius 3 is 1.29 bits per heavy atom. The van der Waals surface area contributed by atoms with Crippen molar-refractivity contribution in [1.29, 1.82) is 0 Å². The number of anilines is 4. The maximum atomic E-state index is 15.0.